The number of hydrogen-bond acceptors (Lipinski definition) is 3. The van der Waals surface area contributed by atoms with Crippen molar-refractivity contribution < 1.29 is 4.74 Å². The molecule has 1 aliphatic heterocycles. The van der Waals surface area contributed by atoms with Crippen molar-refractivity contribution in [1.82, 2.24) is 10.2 Å². The molecule has 0 radical (unpaired) electrons. The number of piperazine rings is 1. The summed E-state index contributed by atoms with van der Waals surface area (Å²) in [5.74, 6) is 0. The van der Waals surface area contributed by atoms with E-state index in [2.05, 4.69) is 10.2 Å². The molecule has 13 heavy (non-hydrogen) atoms. The predicted octanol–water partition coefficient (Wildman–Crippen LogP) is 0.461. The van der Waals surface area contributed by atoms with Gasteiger partial charge in [-0.05, 0) is 19.3 Å². The maximum absolute atomic E-state index is 5.10. The monoisotopic (exact) mass is 184 g/mol. The van der Waals surface area contributed by atoms with Gasteiger partial charge in [-0.25, -0.2) is 0 Å². The van der Waals surface area contributed by atoms with Gasteiger partial charge in [0.2, 0.25) is 0 Å². The molecule has 0 bridgehead atoms. The van der Waals surface area contributed by atoms with Crippen LogP contribution in [-0.4, -0.2) is 50.3 Å². The van der Waals surface area contributed by atoms with Crippen LogP contribution in [0.3, 0.4) is 0 Å². The van der Waals surface area contributed by atoms with Crippen molar-refractivity contribution in [2.75, 3.05) is 39.9 Å². The van der Waals surface area contributed by atoms with Gasteiger partial charge in [-0.3, -0.25) is 4.90 Å². The lowest BCUT2D eigenvalue weighted by atomic mass is 9.75. The summed E-state index contributed by atoms with van der Waals surface area (Å²) in [6, 6.07) is 0. The van der Waals surface area contributed by atoms with Crippen LogP contribution in [0.5, 0.6) is 0 Å². The van der Waals surface area contributed by atoms with Crippen LogP contribution in [0.4, 0.5) is 0 Å². The molecule has 1 heterocycles. The van der Waals surface area contributed by atoms with E-state index in [0.29, 0.717) is 5.54 Å². The molecule has 2 aliphatic rings. The molecule has 3 heteroatoms. The Morgan fingerprint density at radius 1 is 1.46 bits per heavy atom. The van der Waals surface area contributed by atoms with E-state index >= 15 is 0 Å². The average Bonchev–Trinajstić information content (AvgIpc) is 2.13. The van der Waals surface area contributed by atoms with Gasteiger partial charge in [0.1, 0.15) is 0 Å². The van der Waals surface area contributed by atoms with Crippen LogP contribution in [0.25, 0.3) is 0 Å². The summed E-state index contributed by atoms with van der Waals surface area (Å²) in [5.41, 5.74) is 0.492. The third kappa shape index (κ3) is 2.03. The highest BCUT2D eigenvalue weighted by Crippen LogP contribution is 2.33. The Morgan fingerprint density at radius 2 is 2.31 bits per heavy atom. The largest absolute Gasteiger partial charge is 0.383 e. The molecule has 0 aromatic rings. The highest BCUT2D eigenvalue weighted by Gasteiger charge is 2.39. The first-order valence-corrected chi connectivity index (χ1v) is 5.31. The second-order valence-electron chi connectivity index (χ2n) is 4.33. The molecule has 76 valence electrons. The number of nitrogens with one attached hydrogen (secondary N) is 1. The van der Waals surface area contributed by atoms with Crippen LogP contribution in [0, 0.1) is 0 Å². The van der Waals surface area contributed by atoms with Gasteiger partial charge < -0.3 is 10.1 Å². The molecule has 1 spiro atoms. The molecule has 1 saturated carbocycles. The van der Waals surface area contributed by atoms with Gasteiger partial charge in [0.05, 0.1) is 6.61 Å². The Kier molecular flexibility index (Phi) is 2.86. The molecular weight excluding hydrogens is 164 g/mol. The summed E-state index contributed by atoms with van der Waals surface area (Å²) >= 11 is 0. The Morgan fingerprint density at radius 3 is 2.92 bits per heavy atom. The molecule has 2 rings (SSSR count). The molecule has 1 aliphatic carbocycles. The highest BCUT2D eigenvalue weighted by molar-refractivity contribution is 5.00. The van der Waals surface area contributed by atoms with Crippen molar-refractivity contribution in [2.45, 2.75) is 24.8 Å². The predicted molar refractivity (Wildman–Crippen MR) is 52.9 cm³/mol. The maximum Gasteiger partial charge on any atom is 0.0589 e. The van der Waals surface area contributed by atoms with E-state index in [4.69, 9.17) is 4.74 Å². The molecule has 0 aromatic carbocycles. The summed E-state index contributed by atoms with van der Waals surface area (Å²) in [4.78, 5) is 2.53. The normalized spacial score (nSPS) is 27.5. The van der Waals surface area contributed by atoms with Gasteiger partial charge in [-0.1, -0.05) is 0 Å². The van der Waals surface area contributed by atoms with Crippen molar-refractivity contribution in [1.29, 1.82) is 0 Å². The smallest absolute Gasteiger partial charge is 0.0589 e. The first kappa shape index (κ1) is 9.44. The lowest BCUT2D eigenvalue weighted by Crippen LogP contribution is -2.64. The standard InChI is InChI=1S/C10H20N2O/c1-13-8-7-12-6-5-11-10(9-12)3-2-4-10/h11H,2-9H2,1H3. The van der Waals surface area contributed by atoms with Crippen molar-refractivity contribution in [2.24, 2.45) is 0 Å². The number of methoxy groups -OCH3 is 1. The van der Waals surface area contributed by atoms with E-state index in [1.165, 1.54) is 32.4 Å². The SMILES string of the molecule is COCCN1CCNC2(CCC2)C1. The van der Waals surface area contributed by atoms with Gasteiger partial charge in [0.15, 0.2) is 0 Å². The Balaban J connectivity index is 1.78. The molecule has 0 aromatic heterocycles. The minimum atomic E-state index is 0.492. The van der Waals surface area contributed by atoms with Gasteiger partial charge >= 0.3 is 0 Å². The van der Waals surface area contributed by atoms with E-state index in [1.807, 2.05) is 0 Å². The fraction of sp³-hybridized carbons (Fsp3) is 1.00. The number of hydrogen-bond donors (Lipinski definition) is 1. The maximum atomic E-state index is 5.10. The zero-order chi connectivity index (χ0) is 9.15. The fourth-order valence-corrected chi connectivity index (χ4v) is 2.39. The molecule has 1 N–H and O–H groups in total. The zero-order valence-corrected chi connectivity index (χ0v) is 8.51. The van der Waals surface area contributed by atoms with E-state index in [-0.39, 0.29) is 0 Å². The second-order valence-corrected chi connectivity index (χ2v) is 4.33. The summed E-state index contributed by atoms with van der Waals surface area (Å²) in [6.45, 7) is 5.54. The summed E-state index contributed by atoms with van der Waals surface area (Å²) in [7, 11) is 1.78. The Bertz CT molecular complexity index is 168. The molecule has 0 atom stereocenters. The van der Waals surface area contributed by atoms with Crippen LogP contribution in [0.15, 0.2) is 0 Å². The first-order valence-electron chi connectivity index (χ1n) is 5.31. The Labute approximate surface area is 80.4 Å². The fourth-order valence-electron chi connectivity index (χ4n) is 2.39. The number of nitrogens with zero attached hydrogens (tertiary/aromatic N) is 1. The zero-order valence-electron chi connectivity index (χ0n) is 8.51. The highest BCUT2D eigenvalue weighted by atomic mass is 16.5. The van der Waals surface area contributed by atoms with Crippen LogP contribution in [0.2, 0.25) is 0 Å². The van der Waals surface area contributed by atoms with Gasteiger partial charge in [-0.2, -0.15) is 0 Å². The molecule has 0 amide bonds. The summed E-state index contributed by atoms with van der Waals surface area (Å²) in [5, 5.41) is 3.66. The minimum absolute atomic E-state index is 0.492. The van der Waals surface area contributed by atoms with Crippen molar-refractivity contribution in [3.63, 3.8) is 0 Å². The Hall–Kier alpha value is -0.120. The van der Waals surface area contributed by atoms with Crippen LogP contribution >= 0.6 is 0 Å². The van der Waals surface area contributed by atoms with E-state index in [0.717, 1.165) is 19.7 Å². The van der Waals surface area contributed by atoms with Crippen molar-refractivity contribution in [3.8, 4) is 0 Å². The lowest BCUT2D eigenvalue weighted by Gasteiger charge is -2.49. The quantitative estimate of drug-likeness (QED) is 0.689. The van der Waals surface area contributed by atoms with Crippen LogP contribution < -0.4 is 5.32 Å². The molecule has 1 saturated heterocycles. The molecular formula is C10H20N2O. The number of ether oxygens (including phenoxy) is 1. The van der Waals surface area contributed by atoms with Crippen LogP contribution in [-0.2, 0) is 4.74 Å². The third-order valence-corrected chi connectivity index (χ3v) is 3.38. The molecule has 3 nitrogen and oxygen atoms in total. The van der Waals surface area contributed by atoms with E-state index in [1.54, 1.807) is 7.11 Å². The van der Waals surface area contributed by atoms with Gasteiger partial charge in [0.25, 0.3) is 0 Å². The lowest BCUT2D eigenvalue weighted by molar-refractivity contribution is 0.0534. The number of rotatable bonds is 3. The second kappa shape index (κ2) is 3.95. The first-order chi connectivity index (χ1) is 6.35. The third-order valence-electron chi connectivity index (χ3n) is 3.38. The van der Waals surface area contributed by atoms with Gasteiger partial charge in [-0.15, -0.1) is 0 Å². The topological polar surface area (TPSA) is 24.5 Å². The van der Waals surface area contributed by atoms with Crippen LogP contribution in [0.1, 0.15) is 19.3 Å². The van der Waals surface area contributed by atoms with Gasteiger partial charge in [0, 0.05) is 38.8 Å². The van der Waals surface area contributed by atoms with E-state index < -0.39 is 0 Å². The molecule has 2 fully saturated rings. The van der Waals surface area contributed by atoms with Crippen molar-refractivity contribution in [3.05, 3.63) is 0 Å². The van der Waals surface area contributed by atoms with Crippen molar-refractivity contribution >= 4 is 0 Å². The minimum Gasteiger partial charge on any atom is -0.383 e. The summed E-state index contributed by atoms with van der Waals surface area (Å²) in [6.07, 6.45) is 4.15. The average molecular weight is 184 g/mol. The summed E-state index contributed by atoms with van der Waals surface area (Å²) < 4.78 is 5.10. The van der Waals surface area contributed by atoms with E-state index in [9.17, 15) is 0 Å². The molecule has 0 unspecified atom stereocenters.